The van der Waals surface area contributed by atoms with Crippen LogP contribution in [-0.4, -0.2) is 35.8 Å². The number of hydrogen-bond donors (Lipinski definition) is 1. The van der Waals surface area contributed by atoms with Crippen LogP contribution in [0.5, 0.6) is 11.6 Å². The molecule has 1 heterocycles. The fourth-order valence-electron chi connectivity index (χ4n) is 2.78. The Morgan fingerprint density at radius 3 is 2.16 bits per heavy atom. The predicted octanol–water partition coefficient (Wildman–Crippen LogP) is 5.30. The van der Waals surface area contributed by atoms with Crippen molar-refractivity contribution in [2.45, 2.75) is 19.9 Å². The molecule has 12 heteroatoms. The molecule has 0 saturated heterocycles. The van der Waals surface area contributed by atoms with Crippen LogP contribution in [0.3, 0.4) is 0 Å². The number of rotatable bonds is 8. The van der Waals surface area contributed by atoms with Gasteiger partial charge in [0.1, 0.15) is 21.7 Å². The minimum Gasteiger partial charge on any atom is -0.494 e. The highest BCUT2D eigenvalue weighted by molar-refractivity contribution is 6.55. The maximum atomic E-state index is 12.9. The van der Waals surface area contributed by atoms with Crippen molar-refractivity contribution in [2.75, 3.05) is 20.3 Å². The van der Waals surface area contributed by atoms with Crippen LogP contribution < -0.4 is 10.3 Å². The van der Waals surface area contributed by atoms with Crippen molar-refractivity contribution < 1.29 is 19.4 Å². The van der Waals surface area contributed by atoms with Gasteiger partial charge in [-0.2, -0.15) is 5.26 Å². The number of benzene rings is 1. The number of methoxy groups -OCH3 is 1. The van der Waals surface area contributed by atoms with Crippen LogP contribution in [0.15, 0.2) is 4.79 Å². The predicted molar refractivity (Wildman–Crippen MR) is 120 cm³/mol. The standard InChI is InChI=1S/C19H15Cl5N2O5/c1-8-9(6-25)18(28)26(4-3-5-30-2)19(29)11(8)10(27)7-31-17-15(23)13(21)12(20)14(22)16(17)24/h29H,3-5,7H2,1-2H3. The van der Waals surface area contributed by atoms with Gasteiger partial charge in [-0.25, -0.2) is 0 Å². The average molecular weight is 529 g/mol. The first kappa shape index (κ1) is 25.6. The number of ether oxygens (including phenoxy) is 2. The third-order valence-electron chi connectivity index (χ3n) is 4.33. The molecule has 0 unspecified atom stereocenters. The maximum Gasteiger partial charge on any atom is 0.271 e. The monoisotopic (exact) mass is 526 g/mol. The van der Waals surface area contributed by atoms with Crippen molar-refractivity contribution in [1.82, 2.24) is 4.57 Å². The van der Waals surface area contributed by atoms with E-state index in [2.05, 4.69) is 0 Å². The van der Waals surface area contributed by atoms with E-state index in [4.69, 9.17) is 67.5 Å². The van der Waals surface area contributed by atoms with Crippen LogP contribution in [-0.2, 0) is 11.3 Å². The highest BCUT2D eigenvalue weighted by atomic mass is 35.5. The Hall–Kier alpha value is -1.66. The summed E-state index contributed by atoms with van der Waals surface area (Å²) in [6.07, 6.45) is 0.370. The SMILES string of the molecule is COCCCn1c(O)c(C(=O)COc2c(Cl)c(Cl)c(Cl)c(Cl)c2Cl)c(C)c(C#N)c1=O. The summed E-state index contributed by atoms with van der Waals surface area (Å²) in [5, 5.41) is 19.4. The Morgan fingerprint density at radius 2 is 1.65 bits per heavy atom. The van der Waals surface area contributed by atoms with Gasteiger partial charge in [-0.05, 0) is 18.9 Å². The fourth-order valence-corrected chi connectivity index (χ4v) is 4.01. The number of aromatic nitrogens is 1. The van der Waals surface area contributed by atoms with Gasteiger partial charge in [0.05, 0.1) is 20.6 Å². The first-order valence-corrected chi connectivity index (χ1v) is 10.5. The van der Waals surface area contributed by atoms with Crippen LogP contribution in [0.2, 0.25) is 25.1 Å². The van der Waals surface area contributed by atoms with Crippen LogP contribution in [0.1, 0.15) is 27.9 Å². The number of nitriles is 1. The van der Waals surface area contributed by atoms with Crippen molar-refractivity contribution >= 4 is 63.8 Å². The Kier molecular flexibility index (Phi) is 8.90. The molecule has 0 amide bonds. The number of hydrogen-bond acceptors (Lipinski definition) is 6. The molecule has 1 aromatic heterocycles. The lowest BCUT2D eigenvalue weighted by atomic mass is 10.0. The summed E-state index contributed by atoms with van der Waals surface area (Å²) in [5.74, 6) is -1.50. The number of ketones is 1. The summed E-state index contributed by atoms with van der Waals surface area (Å²) >= 11 is 30.1. The molecule has 0 aliphatic rings. The highest BCUT2D eigenvalue weighted by Gasteiger charge is 2.26. The second kappa shape index (κ2) is 10.8. The lowest BCUT2D eigenvalue weighted by Crippen LogP contribution is -2.28. The summed E-state index contributed by atoms with van der Waals surface area (Å²) in [5.41, 5.74) is -1.21. The van der Waals surface area contributed by atoms with Crippen molar-refractivity contribution in [2.24, 2.45) is 0 Å². The van der Waals surface area contributed by atoms with Gasteiger partial charge in [0.2, 0.25) is 11.7 Å². The topological polar surface area (TPSA) is 102 Å². The number of pyridine rings is 1. The molecular formula is C19H15Cl5N2O5. The van der Waals surface area contributed by atoms with E-state index in [9.17, 15) is 20.0 Å². The van der Waals surface area contributed by atoms with E-state index in [1.807, 2.05) is 0 Å². The van der Waals surface area contributed by atoms with Crippen molar-refractivity contribution in [1.29, 1.82) is 5.26 Å². The minimum absolute atomic E-state index is 0.0194. The van der Waals surface area contributed by atoms with E-state index >= 15 is 0 Å². The first-order valence-electron chi connectivity index (χ1n) is 8.61. The lowest BCUT2D eigenvalue weighted by molar-refractivity contribution is 0.0916. The zero-order valence-electron chi connectivity index (χ0n) is 16.2. The molecule has 0 saturated carbocycles. The molecule has 0 atom stereocenters. The number of carbonyl (C=O) groups excluding carboxylic acids is 1. The highest BCUT2D eigenvalue weighted by Crippen LogP contribution is 2.48. The van der Waals surface area contributed by atoms with E-state index < -0.39 is 23.8 Å². The summed E-state index contributed by atoms with van der Waals surface area (Å²) < 4.78 is 11.3. The van der Waals surface area contributed by atoms with Gasteiger partial charge < -0.3 is 14.6 Å². The van der Waals surface area contributed by atoms with Crippen LogP contribution >= 0.6 is 58.0 Å². The van der Waals surface area contributed by atoms with Gasteiger partial charge >= 0.3 is 0 Å². The van der Waals surface area contributed by atoms with E-state index in [1.54, 1.807) is 6.07 Å². The molecule has 1 aromatic carbocycles. The van der Waals surface area contributed by atoms with Gasteiger partial charge in [-0.1, -0.05) is 58.0 Å². The number of carbonyl (C=O) groups is 1. The van der Waals surface area contributed by atoms with E-state index in [1.165, 1.54) is 14.0 Å². The molecule has 166 valence electrons. The van der Waals surface area contributed by atoms with Crippen molar-refractivity contribution in [3.63, 3.8) is 0 Å². The quantitative estimate of drug-likeness (QED) is 0.216. The zero-order chi connectivity index (χ0) is 23.5. The molecule has 0 bridgehead atoms. The average Bonchev–Trinajstić information content (AvgIpc) is 2.73. The smallest absolute Gasteiger partial charge is 0.271 e. The Labute approximate surface area is 202 Å². The number of nitrogens with zero attached hydrogens (tertiary/aromatic N) is 2. The van der Waals surface area contributed by atoms with Crippen LogP contribution in [0.25, 0.3) is 0 Å². The van der Waals surface area contributed by atoms with E-state index in [0.717, 1.165) is 4.57 Å². The molecule has 0 aliphatic carbocycles. The van der Waals surface area contributed by atoms with Gasteiger partial charge in [0, 0.05) is 20.3 Å². The van der Waals surface area contributed by atoms with Gasteiger partial charge in [0.15, 0.2) is 12.4 Å². The number of halogens is 5. The largest absolute Gasteiger partial charge is 0.494 e. The molecule has 31 heavy (non-hydrogen) atoms. The number of Topliss-reactive ketones (excluding diaryl/α,β-unsaturated/α-hetero) is 1. The second-order valence-corrected chi connectivity index (χ2v) is 8.11. The molecule has 2 aromatic rings. The van der Waals surface area contributed by atoms with Crippen molar-refractivity contribution in [3.05, 3.63) is 52.2 Å². The molecule has 2 rings (SSSR count). The van der Waals surface area contributed by atoms with E-state index in [-0.39, 0.29) is 54.1 Å². The lowest BCUT2D eigenvalue weighted by Gasteiger charge is -2.17. The van der Waals surface area contributed by atoms with Crippen LogP contribution in [0, 0.1) is 18.3 Å². The minimum atomic E-state index is -0.735. The molecule has 0 radical (unpaired) electrons. The summed E-state index contributed by atoms with van der Waals surface area (Å²) in [7, 11) is 1.48. The summed E-state index contributed by atoms with van der Waals surface area (Å²) in [6.45, 7) is 1.07. The molecule has 0 spiro atoms. The summed E-state index contributed by atoms with van der Waals surface area (Å²) in [4.78, 5) is 25.4. The maximum absolute atomic E-state index is 12.9. The van der Waals surface area contributed by atoms with Crippen molar-refractivity contribution in [3.8, 4) is 17.7 Å². The third kappa shape index (κ3) is 5.06. The Morgan fingerprint density at radius 1 is 1.10 bits per heavy atom. The number of aromatic hydroxyl groups is 1. The Balaban J connectivity index is 2.46. The first-order chi connectivity index (χ1) is 14.6. The molecule has 7 nitrogen and oxygen atoms in total. The normalized spacial score (nSPS) is 10.8. The zero-order valence-corrected chi connectivity index (χ0v) is 20.0. The summed E-state index contributed by atoms with van der Waals surface area (Å²) in [6, 6.07) is 1.77. The van der Waals surface area contributed by atoms with Gasteiger partial charge in [-0.3, -0.25) is 14.2 Å². The molecule has 0 fully saturated rings. The second-order valence-electron chi connectivity index (χ2n) is 6.22. The van der Waals surface area contributed by atoms with E-state index in [0.29, 0.717) is 13.0 Å². The van der Waals surface area contributed by atoms with Crippen LogP contribution in [0.4, 0.5) is 0 Å². The third-order valence-corrected chi connectivity index (χ3v) is 6.57. The van der Waals surface area contributed by atoms with Gasteiger partial charge in [-0.15, -0.1) is 0 Å². The van der Waals surface area contributed by atoms with Gasteiger partial charge in [0.25, 0.3) is 5.56 Å². The molecular weight excluding hydrogens is 513 g/mol. The molecule has 0 aliphatic heterocycles. The molecule has 1 N–H and O–H groups in total. The Bertz CT molecular complexity index is 1110. The fraction of sp³-hybridized carbons (Fsp3) is 0.316.